The molecule has 0 amide bonds. The molecule has 2 fully saturated rings. The standard InChI is InChI=1S/C34H47N5O8S2/c1-20(2)31(35)34(40)46-19-47-37-33-27-9-7-25(48(42,43)38-15-21(3)11-22(4)16-38)13-29(27)32(36-41)30-14-26(8-10-28(30)33)49(44,45)39-17-23(5)12-24(6)18-39/h7-10,13-14,20-24,31,41H,11-12,15-19,35H2,1-6H3/t21-,22+,23-,24+,31-/m0/s1. The summed E-state index contributed by atoms with van der Waals surface area (Å²) < 4.78 is 63.7. The Kier molecular flexibility index (Phi) is 10.9. The van der Waals surface area contributed by atoms with Crippen LogP contribution in [0.2, 0.25) is 0 Å². The van der Waals surface area contributed by atoms with Crippen LogP contribution < -0.4 is 5.73 Å². The van der Waals surface area contributed by atoms with E-state index in [1.165, 1.54) is 32.9 Å². The van der Waals surface area contributed by atoms with Gasteiger partial charge in [0.2, 0.25) is 20.0 Å². The maximum absolute atomic E-state index is 13.9. The van der Waals surface area contributed by atoms with E-state index in [0.717, 1.165) is 12.8 Å². The lowest BCUT2D eigenvalue weighted by atomic mass is 9.83. The minimum atomic E-state index is -3.94. The van der Waals surface area contributed by atoms with E-state index in [2.05, 4.69) is 10.3 Å². The molecule has 49 heavy (non-hydrogen) atoms. The Hall–Kier alpha value is -3.37. The Bertz CT molecular complexity index is 1730. The minimum absolute atomic E-state index is 0.00547. The maximum atomic E-state index is 13.9. The number of benzene rings is 2. The van der Waals surface area contributed by atoms with Crippen LogP contribution in [0.25, 0.3) is 0 Å². The Morgan fingerprint density at radius 2 is 1.22 bits per heavy atom. The van der Waals surface area contributed by atoms with E-state index in [1.807, 2.05) is 27.7 Å². The summed E-state index contributed by atoms with van der Waals surface area (Å²) in [5, 5.41) is 18.2. The Morgan fingerprint density at radius 3 is 1.61 bits per heavy atom. The van der Waals surface area contributed by atoms with Gasteiger partial charge in [0.15, 0.2) is 0 Å². The molecule has 0 spiro atoms. The SMILES string of the molecule is CC(C)[C@H](N)C(=O)OCON=C1c2ccc(S(=O)(=O)N3C[C@H](C)C[C@H](C)C3)cc2C(=NO)c2cc(S(=O)(=O)N3C[C@H](C)C[C@H](C)C3)ccc21. The smallest absolute Gasteiger partial charge is 0.326 e. The summed E-state index contributed by atoms with van der Waals surface area (Å²) in [4.78, 5) is 17.7. The van der Waals surface area contributed by atoms with Crippen molar-refractivity contribution < 1.29 is 36.4 Å². The quantitative estimate of drug-likeness (QED) is 0.109. The van der Waals surface area contributed by atoms with E-state index in [9.17, 15) is 26.8 Å². The van der Waals surface area contributed by atoms with Gasteiger partial charge in [0.05, 0.1) is 9.79 Å². The molecule has 2 aliphatic heterocycles. The van der Waals surface area contributed by atoms with E-state index < -0.39 is 38.9 Å². The first kappa shape index (κ1) is 36.9. The number of carbonyl (C=O) groups excluding carboxylic acids is 1. The molecule has 15 heteroatoms. The van der Waals surface area contributed by atoms with Gasteiger partial charge in [-0.1, -0.05) is 64.0 Å². The van der Waals surface area contributed by atoms with Gasteiger partial charge < -0.3 is 20.5 Å². The lowest BCUT2D eigenvalue weighted by Gasteiger charge is -2.34. The molecule has 5 atom stereocenters. The molecule has 0 aromatic heterocycles. The van der Waals surface area contributed by atoms with E-state index in [1.54, 1.807) is 26.0 Å². The molecular formula is C34H47N5O8S2. The highest BCUT2D eigenvalue weighted by Crippen LogP contribution is 2.35. The topological polar surface area (TPSA) is 181 Å². The second-order valence-corrected chi connectivity index (χ2v) is 18.2. The fourth-order valence-corrected chi connectivity index (χ4v) is 10.5. The van der Waals surface area contributed by atoms with E-state index >= 15 is 0 Å². The number of oxime groups is 2. The molecule has 2 heterocycles. The number of nitrogens with zero attached hydrogens (tertiary/aromatic N) is 4. The summed E-state index contributed by atoms with van der Waals surface area (Å²) in [6.45, 7) is 12.6. The van der Waals surface area contributed by atoms with E-state index in [4.69, 9.17) is 15.3 Å². The number of hydrogen-bond acceptors (Lipinski definition) is 11. The number of nitrogens with two attached hydrogens (primary N) is 1. The van der Waals surface area contributed by atoms with Gasteiger partial charge >= 0.3 is 5.97 Å². The van der Waals surface area contributed by atoms with Crippen LogP contribution in [0.4, 0.5) is 0 Å². The van der Waals surface area contributed by atoms with Crippen molar-refractivity contribution in [2.75, 3.05) is 33.0 Å². The van der Waals surface area contributed by atoms with Crippen molar-refractivity contribution in [3.05, 3.63) is 58.7 Å². The monoisotopic (exact) mass is 717 g/mol. The van der Waals surface area contributed by atoms with Crippen LogP contribution >= 0.6 is 0 Å². The van der Waals surface area contributed by atoms with Crippen LogP contribution in [0.3, 0.4) is 0 Å². The highest BCUT2D eigenvalue weighted by Gasteiger charge is 2.37. The summed E-state index contributed by atoms with van der Waals surface area (Å²) in [7, 11) is -7.87. The van der Waals surface area contributed by atoms with Crippen LogP contribution in [0.15, 0.2) is 56.5 Å². The van der Waals surface area contributed by atoms with Gasteiger partial charge in [0.25, 0.3) is 6.79 Å². The van der Waals surface area contributed by atoms with Crippen molar-refractivity contribution in [1.82, 2.24) is 8.61 Å². The molecular weight excluding hydrogens is 671 g/mol. The first-order chi connectivity index (χ1) is 23.0. The average molecular weight is 718 g/mol. The zero-order chi connectivity index (χ0) is 35.8. The third-order valence-electron chi connectivity index (χ3n) is 9.45. The minimum Gasteiger partial charge on any atom is -0.425 e. The molecule has 2 saturated heterocycles. The summed E-state index contributed by atoms with van der Waals surface area (Å²) >= 11 is 0. The van der Waals surface area contributed by atoms with E-state index in [0.29, 0.717) is 37.3 Å². The van der Waals surface area contributed by atoms with Gasteiger partial charge in [-0.05, 0) is 66.7 Å². The molecule has 0 radical (unpaired) electrons. The van der Waals surface area contributed by atoms with E-state index in [-0.39, 0.29) is 61.9 Å². The summed E-state index contributed by atoms with van der Waals surface area (Å²) in [6, 6.07) is 8.01. The second-order valence-electron chi connectivity index (χ2n) is 14.3. The molecule has 0 saturated carbocycles. The van der Waals surface area contributed by atoms with Crippen molar-refractivity contribution >= 4 is 37.4 Å². The van der Waals surface area contributed by atoms with Crippen molar-refractivity contribution in [1.29, 1.82) is 0 Å². The summed E-state index contributed by atoms with van der Waals surface area (Å²) in [5.41, 5.74) is 7.23. The number of carbonyl (C=O) groups is 1. The van der Waals surface area contributed by atoms with Crippen LogP contribution in [0, 0.1) is 29.6 Å². The largest absolute Gasteiger partial charge is 0.425 e. The van der Waals surface area contributed by atoms with Crippen LogP contribution in [-0.4, -0.2) is 87.1 Å². The fraction of sp³-hybridized carbons (Fsp3) is 0.559. The van der Waals surface area contributed by atoms with Gasteiger partial charge in [0.1, 0.15) is 17.5 Å². The predicted molar refractivity (Wildman–Crippen MR) is 184 cm³/mol. The second kappa shape index (κ2) is 14.5. The highest BCUT2D eigenvalue weighted by atomic mass is 32.2. The van der Waals surface area contributed by atoms with Crippen molar-refractivity contribution in [2.24, 2.45) is 45.6 Å². The summed E-state index contributed by atoms with van der Waals surface area (Å²) in [5.74, 6) is -0.0850. The molecule has 268 valence electrons. The third kappa shape index (κ3) is 7.55. The van der Waals surface area contributed by atoms with Gasteiger partial charge in [-0.2, -0.15) is 8.61 Å². The number of ether oxygens (including phenoxy) is 1. The van der Waals surface area contributed by atoms with Crippen molar-refractivity contribution in [2.45, 2.75) is 70.2 Å². The molecule has 2 aromatic carbocycles. The zero-order valence-electron chi connectivity index (χ0n) is 28.9. The Morgan fingerprint density at radius 1 is 0.796 bits per heavy atom. The summed E-state index contributed by atoms with van der Waals surface area (Å²) in [6.07, 6.45) is 1.85. The van der Waals surface area contributed by atoms with Gasteiger partial charge in [0, 0.05) is 48.4 Å². The van der Waals surface area contributed by atoms with Crippen LogP contribution in [-0.2, 0) is 34.4 Å². The predicted octanol–water partition coefficient (Wildman–Crippen LogP) is 3.81. The number of hydrogen-bond donors (Lipinski definition) is 2. The molecule has 3 N–H and O–H groups in total. The lowest BCUT2D eigenvalue weighted by Crippen LogP contribution is -2.42. The van der Waals surface area contributed by atoms with Crippen molar-refractivity contribution in [3.63, 3.8) is 0 Å². The van der Waals surface area contributed by atoms with Crippen molar-refractivity contribution in [3.8, 4) is 0 Å². The van der Waals surface area contributed by atoms with Crippen LogP contribution in [0.5, 0.6) is 0 Å². The third-order valence-corrected chi connectivity index (χ3v) is 13.1. The molecule has 0 bridgehead atoms. The van der Waals surface area contributed by atoms with Gasteiger partial charge in [-0.3, -0.25) is 4.79 Å². The maximum Gasteiger partial charge on any atom is 0.326 e. The van der Waals surface area contributed by atoms with Gasteiger partial charge in [-0.25, -0.2) is 16.8 Å². The molecule has 13 nitrogen and oxygen atoms in total. The highest BCUT2D eigenvalue weighted by molar-refractivity contribution is 7.89. The fourth-order valence-electron chi connectivity index (χ4n) is 7.11. The molecule has 1 aliphatic carbocycles. The Labute approximate surface area is 289 Å². The first-order valence-corrected chi connectivity index (χ1v) is 19.6. The number of rotatable bonds is 9. The van der Waals surface area contributed by atoms with Gasteiger partial charge in [-0.15, -0.1) is 0 Å². The normalized spacial score (nSPS) is 24.2. The number of esters is 1. The zero-order valence-corrected chi connectivity index (χ0v) is 30.5. The number of piperidine rings is 2. The molecule has 2 aromatic rings. The Balaban J connectivity index is 1.58. The first-order valence-electron chi connectivity index (χ1n) is 16.7. The average Bonchev–Trinajstić information content (AvgIpc) is 3.04. The number of fused-ring (bicyclic) bond motifs is 2. The lowest BCUT2D eigenvalue weighted by molar-refractivity contribution is -0.158. The molecule has 3 aliphatic rings. The van der Waals surface area contributed by atoms with Crippen LogP contribution in [0.1, 0.15) is 76.6 Å². The molecule has 5 rings (SSSR count). The number of sulfonamides is 2. The molecule has 0 unspecified atom stereocenters.